The third-order valence-electron chi connectivity index (χ3n) is 1.74. The molecule has 0 aliphatic carbocycles. The van der Waals surface area contributed by atoms with E-state index in [9.17, 15) is 0 Å². The molecule has 1 aromatic rings. The lowest BCUT2D eigenvalue weighted by Crippen LogP contribution is -2.23. The number of rotatable bonds is 2. The number of aliphatic imine (C=N–C) groups is 1. The first kappa shape index (κ1) is 9.38. The minimum atomic E-state index is -0.0504. The Morgan fingerprint density at radius 3 is 2.31 bits per heavy atom. The Morgan fingerprint density at radius 1 is 1.31 bits per heavy atom. The molecule has 0 amide bonds. The Bertz CT molecular complexity index is 298. The third kappa shape index (κ3) is 2.66. The summed E-state index contributed by atoms with van der Waals surface area (Å²) in [5.41, 5.74) is 19.3. The second-order valence-electron chi connectivity index (χ2n) is 2.85. The van der Waals surface area contributed by atoms with E-state index in [0.717, 1.165) is 5.56 Å². The molecule has 4 heteroatoms. The molecule has 0 heterocycles. The van der Waals surface area contributed by atoms with E-state index < -0.39 is 0 Å². The van der Waals surface area contributed by atoms with Crippen LogP contribution in [-0.2, 0) is 0 Å². The van der Waals surface area contributed by atoms with Gasteiger partial charge in [0.05, 0.1) is 11.7 Å². The van der Waals surface area contributed by atoms with Gasteiger partial charge in [-0.3, -0.25) is 0 Å². The van der Waals surface area contributed by atoms with Crippen molar-refractivity contribution in [1.29, 1.82) is 0 Å². The van der Waals surface area contributed by atoms with Crippen molar-refractivity contribution in [3.63, 3.8) is 0 Å². The molecule has 0 spiro atoms. The number of hydrogen-bond acceptors (Lipinski definition) is 1. The molecule has 69 valence electrons. The van der Waals surface area contributed by atoms with Crippen LogP contribution in [0.4, 0.5) is 5.69 Å². The third-order valence-corrected chi connectivity index (χ3v) is 1.74. The van der Waals surface area contributed by atoms with Crippen LogP contribution in [0.3, 0.4) is 0 Å². The van der Waals surface area contributed by atoms with E-state index in [1.165, 1.54) is 0 Å². The SMILES string of the molecule is CC(N=C(N)N)c1ccc([NH])cc1. The van der Waals surface area contributed by atoms with Gasteiger partial charge in [-0.15, -0.1) is 0 Å². The molecule has 0 bridgehead atoms. The highest BCUT2D eigenvalue weighted by Crippen LogP contribution is 2.17. The summed E-state index contributed by atoms with van der Waals surface area (Å²) in [5, 5.41) is 0. The first-order valence-corrected chi connectivity index (χ1v) is 4.00. The summed E-state index contributed by atoms with van der Waals surface area (Å²) in [6.45, 7) is 1.90. The van der Waals surface area contributed by atoms with Gasteiger partial charge in [0.1, 0.15) is 0 Å². The Hall–Kier alpha value is -1.71. The van der Waals surface area contributed by atoms with Crippen molar-refractivity contribution in [3.05, 3.63) is 29.8 Å². The van der Waals surface area contributed by atoms with Gasteiger partial charge < -0.3 is 17.2 Å². The topological polar surface area (TPSA) is 88.2 Å². The molecule has 5 N–H and O–H groups in total. The maximum absolute atomic E-state index is 7.29. The van der Waals surface area contributed by atoms with Crippen molar-refractivity contribution in [2.45, 2.75) is 13.0 Å². The standard InChI is InChI=1S/C9H13N4/c1-6(13-9(11)12)7-2-4-8(10)5-3-7/h2-6,10H,1H3,(H4,11,12,13). The van der Waals surface area contributed by atoms with Gasteiger partial charge in [-0.2, -0.15) is 0 Å². The van der Waals surface area contributed by atoms with Crippen LogP contribution in [-0.4, -0.2) is 5.96 Å². The molecule has 0 aliphatic rings. The number of nitrogens with zero attached hydrogens (tertiary/aromatic N) is 1. The van der Waals surface area contributed by atoms with Crippen molar-refractivity contribution in [2.24, 2.45) is 16.5 Å². The first-order valence-electron chi connectivity index (χ1n) is 4.00. The normalized spacial score (nSPS) is 12.1. The summed E-state index contributed by atoms with van der Waals surface area (Å²) in [5.74, 6) is 0.0856. The monoisotopic (exact) mass is 177 g/mol. The minimum Gasteiger partial charge on any atom is -0.370 e. The van der Waals surface area contributed by atoms with Crippen LogP contribution in [0, 0.1) is 0 Å². The van der Waals surface area contributed by atoms with Gasteiger partial charge in [0, 0.05) is 0 Å². The Balaban J connectivity index is 2.83. The molecule has 1 rings (SSSR count). The zero-order chi connectivity index (χ0) is 9.84. The van der Waals surface area contributed by atoms with Crippen LogP contribution in [0.1, 0.15) is 18.5 Å². The van der Waals surface area contributed by atoms with Gasteiger partial charge in [-0.25, -0.2) is 4.99 Å². The predicted molar refractivity (Wildman–Crippen MR) is 53.4 cm³/mol. The molecule has 1 atom stereocenters. The second kappa shape index (κ2) is 3.80. The van der Waals surface area contributed by atoms with Gasteiger partial charge >= 0.3 is 0 Å². The van der Waals surface area contributed by atoms with E-state index in [4.69, 9.17) is 17.2 Å². The summed E-state index contributed by atoms with van der Waals surface area (Å²) in [4.78, 5) is 3.99. The van der Waals surface area contributed by atoms with Gasteiger partial charge in [-0.1, -0.05) is 12.1 Å². The average Bonchev–Trinajstić information content (AvgIpc) is 2.04. The van der Waals surface area contributed by atoms with Crippen molar-refractivity contribution in [1.82, 2.24) is 5.73 Å². The fraction of sp³-hybridized carbons (Fsp3) is 0.222. The lowest BCUT2D eigenvalue weighted by Gasteiger charge is -2.06. The van der Waals surface area contributed by atoms with Gasteiger partial charge in [0.25, 0.3) is 0 Å². The number of nitrogens with one attached hydrogen (secondary N) is 1. The lowest BCUT2D eigenvalue weighted by atomic mass is 10.1. The van der Waals surface area contributed by atoms with Crippen LogP contribution >= 0.6 is 0 Å². The molecule has 0 fully saturated rings. The van der Waals surface area contributed by atoms with Crippen molar-refractivity contribution in [2.75, 3.05) is 0 Å². The number of benzene rings is 1. The van der Waals surface area contributed by atoms with Crippen LogP contribution in [0.15, 0.2) is 29.3 Å². The van der Waals surface area contributed by atoms with Gasteiger partial charge in [0.15, 0.2) is 5.96 Å². The van der Waals surface area contributed by atoms with Gasteiger partial charge in [0.2, 0.25) is 0 Å². The van der Waals surface area contributed by atoms with Crippen LogP contribution in [0.2, 0.25) is 0 Å². The summed E-state index contributed by atoms with van der Waals surface area (Å²) in [6, 6.07) is 7.08. The molecule has 13 heavy (non-hydrogen) atoms. The fourth-order valence-electron chi connectivity index (χ4n) is 1.06. The van der Waals surface area contributed by atoms with Gasteiger partial charge in [-0.05, 0) is 24.6 Å². The highest BCUT2D eigenvalue weighted by Gasteiger charge is 2.02. The largest absolute Gasteiger partial charge is 0.370 e. The lowest BCUT2D eigenvalue weighted by molar-refractivity contribution is 0.816. The van der Waals surface area contributed by atoms with E-state index in [-0.39, 0.29) is 12.0 Å². The molecule has 0 saturated carbocycles. The molecule has 0 aromatic heterocycles. The van der Waals surface area contributed by atoms with Crippen molar-refractivity contribution >= 4 is 11.6 Å². The van der Waals surface area contributed by atoms with E-state index >= 15 is 0 Å². The highest BCUT2D eigenvalue weighted by atomic mass is 15.0. The molecule has 1 radical (unpaired) electrons. The fourth-order valence-corrected chi connectivity index (χ4v) is 1.06. The molecular weight excluding hydrogens is 164 g/mol. The average molecular weight is 177 g/mol. The molecule has 0 saturated heterocycles. The summed E-state index contributed by atoms with van der Waals surface area (Å²) in [6.07, 6.45) is 0. The smallest absolute Gasteiger partial charge is 0.186 e. The Labute approximate surface area is 77.4 Å². The molecule has 0 aliphatic heterocycles. The van der Waals surface area contributed by atoms with E-state index in [1.54, 1.807) is 12.1 Å². The Kier molecular flexibility index (Phi) is 2.74. The van der Waals surface area contributed by atoms with Crippen molar-refractivity contribution < 1.29 is 0 Å². The minimum absolute atomic E-state index is 0.0504. The van der Waals surface area contributed by atoms with Crippen molar-refractivity contribution in [3.8, 4) is 0 Å². The van der Waals surface area contributed by atoms with Crippen LogP contribution in [0.25, 0.3) is 0 Å². The zero-order valence-electron chi connectivity index (χ0n) is 7.49. The van der Waals surface area contributed by atoms with E-state index in [1.807, 2.05) is 19.1 Å². The molecule has 4 nitrogen and oxygen atoms in total. The van der Waals surface area contributed by atoms with E-state index in [2.05, 4.69) is 4.99 Å². The quantitative estimate of drug-likeness (QED) is 0.520. The Morgan fingerprint density at radius 2 is 1.85 bits per heavy atom. The molecule has 1 unspecified atom stereocenters. The summed E-state index contributed by atoms with van der Waals surface area (Å²) >= 11 is 0. The summed E-state index contributed by atoms with van der Waals surface area (Å²) < 4.78 is 0. The predicted octanol–water partition coefficient (Wildman–Crippen LogP) is 0.935. The van der Waals surface area contributed by atoms with E-state index in [0.29, 0.717) is 5.69 Å². The van der Waals surface area contributed by atoms with Crippen LogP contribution in [0.5, 0.6) is 0 Å². The maximum Gasteiger partial charge on any atom is 0.186 e. The first-order chi connectivity index (χ1) is 6.09. The summed E-state index contributed by atoms with van der Waals surface area (Å²) in [7, 11) is 0. The zero-order valence-corrected chi connectivity index (χ0v) is 7.49. The number of guanidine groups is 1. The second-order valence-corrected chi connectivity index (χ2v) is 2.85. The maximum atomic E-state index is 7.29. The molecule has 1 aromatic carbocycles. The number of nitrogens with two attached hydrogens (primary N) is 2. The highest BCUT2D eigenvalue weighted by molar-refractivity contribution is 5.76. The molecular formula is C9H13N4. The van der Waals surface area contributed by atoms with Crippen LogP contribution < -0.4 is 17.2 Å². The number of hydrogen-bond donors (Lipinski definition) is 2.